The Morgan fingerprint density at radius 1 is 1.00 bits per heavy atom. The van der Waals surface area contributed by atoms with E-state index in [1.54, 1.807) is 0 Å². The SMILES string of the molecule is Cc1ccc(CC(=O)Nc2ccc(S(=O)(=O)NCC(F)(F)F)cc2)cc1C. The molecule has 0 aliphatic heterocycles. The summed E-state index contributed by atoms with van der Waals surface area (Å²) in [5.41, 5.74) is 3.38. The first-order valence-corrected chi connectivity index (χ1v) is 9.47. The largest absolute Gasteiger partial charge is 0.402 e. The zero-order valence-corrected chi connectivity index (χ0v) is 15.5. The third-order valence-corrected chi connectivity index (χ3v) is 5.26. The Bertz CT molecular complexity index is 924. The van der Waals surface area contributed by atoms with E-state index in [2.05, 4.69) is 5.32 Å². The Balaban J connectivity index is 2.00. The second-order valence-corrected chi connectivity index (χ2v) is 7.87. The van der Waals surface area contributed by atoms with Gasteiger partial charge in [-0.05, 0) is 54.8 Å². The van der Waals surface area contributed by atoms with E-state index in [0.29, 0.717) is 5.69 Å². The number of amides is 1. The van der Waals surface area contributed by atoms with Crippen LogP contribution in [-0.2, 0) is 21.2 Å². The molecule has 1 amide bonds. The molecule has 0 aromatic heterocycles. The van der Waals surface area contributed by atoms with Crippen molar-refractivity contribution in [3.05, 3.63) is 59.2 Å². The van der Waals surface area contributed by atoms with Gasteiger partial charge in [0.2, 0.25) is 15.9 Å². The van der Waals surface area contributed by atoms with Gasteiger partial charge in [-0.15, -0.1) is 0 Å². The van der Waals surface area contributed by atoms with Gasteiger partial charge in [-0.3, -0.25) is 4.79 Å². The van der Waals surface area contributed by atoms with E-state index in [4.69, 9.17) is 0 Å². The van der Waals surface area contributed by atoms with Crippen molar-refractivity contribution in [1.82, 2.24) is 4.72 Å². The lowest BCUT2D eigenvalue weighted by atomic mass is 10.0. The Morgan fingerprint density at radius 2 is 1.63 bits per heavy atom. The summed E-state index contributed by atoms with van der Waals surface area (Å²) in [6, 6.07) is 10.6. The zero-order chi connectivity index (χ0) is 20.2. The average molecular weight is 400 g/mol. The van der Waals surface area contributed by atoms with E-state index in [-0.39, 0.29) is 17.2 Å². The molecule has 0 aliphatic rings. The number of nitrogens with one attached hydrogen (secondary N) is 2. The summed E-state index contributed by atoms with van der Waals surface area (Å²) in [6.07, 6.45) is -4.50. The summed E-state index contributed by atoms with van der Waals surface area (Å²) < 4.78 is 61.6. The van der Waals surface area contributed by atoms with Crippen molar-refractivity contribution in [3.8, 4) is 0 Å². The van der Waals surface area contributed by atoms with Crippen molar-refractivity contribution in [3.63, 3.8) is 0 Å². The molecule has 0 saturated heterocycles. The summed E-state index contributed by atoms with van der Waals surface area (Å²) >= 11 is 0. The number of halogens is 3. The molecule has 0 aliphatic carbocycles. The van der Waals surface area contributed by atoms with Crippen LogP contribution in [0.25, 0.3) is 0 Å². The highest BCUT2D eigenvalue weighted by atomic mass is 32.2. The fourth-order valence-corrected chi connectivity index (χ4v) is 3.30. The lowest BCUT2D eigenvalue weighted by molar-refractivity contribution is -0.121. The first-order valence-electron chi connectivity index (χ1n) is 7.99. The van der Waals surface area contributed by atoms with Gasteiger partial charge in [-0.1, -0.05) is 18.2 Å². The number of rotatable bonds is 6. The zero-order valence-electron chi connectivity index (χ0n) is 14.7. The highest BCUT2D eigenvalue weighted by Crippen LogP contribution is 2.17. The Hall–Kier alpha value is -2.39. The molecule has 5 nitrogen and oxygen atoms in total. The first kappa shape index (κ1) is 20.9. The second kappa shape index (κ2) is 8.10. The molecule has 146 valence electrons. The smallest absolute Gasteiger partial charge is 0.326 e. The van der Waals surface area contributed by atoms with Crippen LogP contribution in [0.1, 0.15) is 16.7 Å². The van der Waals surface area contributed by atoms with E-state index in [9.17, 15) is 26.4 Å². The van der Waals surface area contributed by atoms with Crippen LogP contribution in [0, 0.1) is 13.8 Å². The lowest BCUT2D eigenvalue weighted by Crippen LogP contribution is -2.33. The maximum Gasteiger partial charge on any atom is 0.402 e. The van der Waals surface area contributed by atoms with Gasteiger partial charge in [0.15, 0.2) is 0 Å². The standard InChI is InChI=1S/C18H19F3N2O3S/c1-12-3-4-14(9-13(12)2)10-17(24)23-15-5-7-16(8-6-15)27(25,26)22-11-18(19,20)21/h3-9,22H,10-11H2,1-2H3,(H,23,24). The number of alkyl halides is 3. The summed E-state index contributed by atoms with van der Waals surface area (Å²) in [7, 11) is -4.28. The molecule has 0 fully saturated rings. The predicted molar refractivity (Wildman–Crippen MR) is 95.9 cm³/mol. The van der Waals surface area contributed by atoms with E-state index in [1.807, 2.05) is 32.0 Å². The van der Waals surface area contributed by atoms with Gasteiger partial charge in [0.05, 0.1) is 11.3 Å². The normalized spacial score (nSPS) is 12.0. The quantitative estimate of drug-likeness (QED) is 0.781. The van der Waals surface area contributed by atoms with E-state index in [0.717, 1.165) is 28.8 Å². The average Bonchev–Trinajstić information content (AvgIpc) is 2.56. The van der Waals surface area contributed by atoms with Crippen molar-refractivity contribution in [2.24, 2.45) is 0 Å². The molecular formula is C18H19F3N2O3S. The molecule has 0 atom stereocenters. The molecule has 0 spiro atoms. The molecular weight excluding hydrogens is 381 g/mol. The van der Waals surface area contributed by atoms with Crippen LogP contribution >= 0.6 is 0 Å². The van der Waals surface area contributed by atoms with Crippen molar-refractivity contribution in [2.45, 2.75) is 31.3 Å². The summed E-state index contributed by atoms with van der Waals surface area (Å²) in [5.74, 6) is -0.288. The number of aryl methyl sites for hydroxylation is 2. The fourth-order valence-electron chi connectivity index (χ4n) is 2.28. The molecule has 2 aromatic carbocycles. The fraction of sp³-hybridized carbons (Fsp3) is 0.278. The van der Waals surface area contributed by atoms with Crippen LogP contribution < -0.4 is 10.0 Å². The number of anilines is 1. The lowest BCUT2D eigenvalue weighted by Gasteiger charge is -2.10. The van der Waals surface area contributed by atoms with E-state index < -0.39 is 22.7 Å². The molecule has 9 heteroatoms. The maximum absolute atomic E-state index is 12.2. The van der Waals surface area contributed by atoms with Crippen LogP contribution in [0.3, 0.4) is 0 Å². The number of hydrogen-bond acceptors (Lipinski definition) is 3. The van der Waals surface area contributed by atoms with E-state index in [1.165, 1.54) is 16.9 Å². The van der Waals surface area contributed by atoms with Crippen LogP contribution in [0.2, 0.25) is 0 Å². The molecule has 0 heterocycles. The number of benzene rings is 2. The van der Waals surface area contributed by atoms with Gasteiger partial charge in [0.25, 0.3) is 0 Å². The highest BCUT2D eigenvalue weighted by Gasteiger charge is 2.30. The van der Waals surface area contributed by atoms with Gasteiger partial charge < -0.3 is 5.32 Å². The van der Waals surface area contributed by atoms with Crippen molar-refractivity contribution >= 4 is 21.6 Å². The van der Waals surface area contributed by atoms with Crippen LogP contribution in [-0.4, -0.2) is 27.0 Å². The molecule has 0 radical (unpaired) electrons. The summed E-state index contributed by atoms with van der Waals surface area (Å²) in [5, 5.41) is 2.63. The minimum atomic E-state index is -4.64. The molecule has 2 aromatic rings. The Morgan fingerprint density at radius 3 is 2.19 bits per heavy atom. The number of carbonyl (C=O) groups excluding carboxylic acids is 1. The van der Waals surface area contributed by atoms with Crippen molar-refractivity contribution in [1.29, 1.82) is 0 Å². The van der Waals surface area contributed by atoms with Crippen LogP contribution in [0.4, 0.5) is 18.9 Å². The predicted octanol–water partition coefficient (Wildman–Crippen LogP) is 3.33. The molecule has 2 N–H and O–H groups in total. The third kappa shape index (κ3) is 6.37. The van der Waals surface area contributed by atoms with Gasteiger partial charge in [0.1, 0.15) is 6.54 Å². The van der Waals surface area contributed by atoms with Gasteiger partial charge >= 0.3 is 6.18 Å². The minimum Gasteiger partial charge on any atom is -0.326 e. The second-order valence-electron chi connectivity index (χ2n) is 6.11. The monoisotopic (exact) mass is 400 g/mol. The summed E-state index contributed by atoms with van der Waals surface area (Å²) in [6.45, 7) is 2.27. The highest BCUT2D eigenvalue weighted by molar-refractivity contribution is 7.89. The van der Waals surface area contributed by atoms with Crippen LogP contribution in [0.5, 0.6) is 0 Å². The number of carbonyl (C=O) groups is 1. The van der Waals surface area contributed by atoms with Gasteiger partial charge in [-0.2, -0.15) is 13.2 Å². The Kier molecular flexibility index (Phi) is 6.27. The van der Waals surface area contributed by atoms with Gasteiger partial charge in [0, 0.05) is 5.69 Å². The maximum atomic E-state index is 12.2. The van der Waals surface area contributed by atoms with Crippen LogP contribution in [0.15, 0.2) is 47.4 Å². The molecule has 27 heavy (non-hydrogen) atoms. The number of sulfonamides is 1. The third-order valence-electron chi connectivity index (χ3n) is 3.85. The first-order chi connectivity index (χ1) is 12.5. The van der Waals surface area contributed by atoms with Crippen molar-refractivity contribution < 1.29 is 26.4 Å². The Labute approximate surface area is 155 Å². The van der Waals surface area contributed by atoms with Crippen molar-refractivity contribution in [2.75, 3.05) is 11.9 Å². The van der Waals surface area contributed by atoms with E-state index >= 15 is 0 Å². The molecule has 2 rings (SSSR count). The molecule has 0 saturated carbocycles. The number of hydrogen-bond donors (Lipinski definition) is 2. The molecule has 0 unspecified atom stereocenters. The minimum absolute atomic E-state index is 0.147. The van der Waals surface area contributed by atoms with Gasteiger partial charge in [-0.25, -0.2) is 13.1 Å². The molecule has 0 bridgehead atoms. The topological polar surface area (TPSA) is 75.3 Å². The summed E-state index contributed by atoms with van der Waals surface area (Å²) in [4.78, 5) is 11.8.